The maximum absolute atomic E-state index is 13.0. The molecule has 1 N–H and O–H groups in total. The molecule has 0 radical (unpaired) electrons. The van der Waals surface area contributed by atoms with Gasteiger partial charge < -0.3 is 9.84 Å². The lowest BCUT2D eigenvalue weighted by Crippen LogP contribution is -2.58. The largest absolute Gasteiger partial charge is 0.508 e. The number of phenolic OH excluding ortho intramolecular Hbond substituents is 1. The molecule has 31 heavy (non-hydrogen) atoms. The summed E-state index contributed by atoms with van der Waals surface area (Å²) >= 11 is 0. The lowest BCUT2D eigenvalue weighted by atomic mass is 9.59. The van der Waals surface area contributed by atoms with Gasteiger partial charge in [-0.1, -0.05) is 50.2 Å². The van der Waals surface area contributed by atoms with E-state index in [1.54, 1.807) is 0 Å². The normalized spacial score (nSPS) is 34.1. The predicted octanol–water partition coefficient (Wildman–Crippen LogP) is 4.44. The average Bonchev–Trinajstić information content (AvgIpc) is 3.49. The molecule has 4 heteroatoms. The van der Waals surface area contributed by atoms with Crippen LogP contribution in [0.5, 0.6) is 5.75 Å². The monoisotopic (exact) mass is 419 g/mol. The molecule has 1 heterocycles. The molecule has 2 bridgehead atoms. The molecule has 4 nitrogen and oxygen atoms in total. The third kappa shape index (κ3) is 3.10. The molecule has 0 amide bonds. The molecule has 2 fully saturated rings. The molecule has 0 spiro atoms. The van der Waals surface area contributed by atoms with Crippen LogP contribution < -0.4 is 0 Å². The molecular weight excluding hydrogens is 386 g/mol. The van der Waals surface area contributed by atoms with E-state index in [4.69, 9.17) is 4.74 Å². The van der Waals surface area contributed by atoms with Crippen LogP contribution in [-0.4, -0.2) is 41.7 Å². The van der Waals surface area contributed by atoms with E-state index < -0.39 is 5.41 Å². The van der Waals surface area contributed by atoms with Gasteiger partial charge in [0.05, 0.1) is 12.0 Å². The highest BCUT2D eigenvalue weighted by atomic mass is 16.5. The number of ether oxygens (including phenoxy) is 1. The second-order valence-electron chi connectivity index (χ2n) is 10.0. The van der Waals surface area contributed by atoms with Crippen molar-refractivity contribution in [2.75, 3.05) is 19.7 Å². The van der Waals surface area contributed by atoms with Crippen molar-refractivity contribution in [2.45, 2.75) is 56.9 Å². The molecular formula is C27H33NO3. The number of aromatic hydroxyl groups is 1. The number of carbonyl (C=O) groups is 1. The number of hydrogen-bond acceptors (Lipinski definition) is 4. The smallest absolute Gasteiger partial charge is 0.316 e. The van der Waals surface area contributed by atoms with Crippen molar-refractivity contribution < 1.29 is 14.6 Å². The van der Waals surface area contributed by atoms with E-state index in [1.165, 1.54) is 11.1 Å². The number of fused-ring (bicyclic) bond motifs is 4. The summed E-state index contributed by atoms with van der Waals surface area (Å²) in [6, 6.07) is 16.6. The van der Waals surface area contributed by atoms with Crippen LogP contribution in [0.25, 0.3) is 0 Å². The molecule has 164 valence electrons. The number of hydrogen-bond donors (Lipinski definition) is 1. The molecule has 1 saturated heterocycles. The fraction of sp³-hybridized carbons (Fsp3) is 0.519. The third-order valence-corrected chi connectivity index (χ3v) is 8.60. The minimum Gasteiger partial charge on any atom is -0.508 e. The maximum atomic E-state index is 13.0. The van der Waals surface area contributed by atoms with Crippen LogP contribution in [0.3, 0.4) is 0 Å². The van der Waals surface area contributed by atoms with E-state index in [9.17, 15) is 9.90 Å². The first kappa shape index (κ1) is 20.6. The van der Waals surface area contributed by atoms with Crippen LogP contribution >= 0.6 is 0 Å². The Balaban J connectivity index is 1.40. The van der Waals surface area contributed by atoms with Gasteiger partial charge in [-0.3, -0.25) is 9.69 Å². The predicted molar refractivity (Wildman–Crippen MR) is 121 cm³/mol. The van der Waals surface area contributed by atoms with Crippen molar-refractivity contribution in [1.82, 2.24) is 4.90 Å². The highest BCUT2D eigenvalue weighted by molar-refractivity contribution is 5.87. The molecule has 1 unspecified atom stereocenters. The Bertz CT molecular complexity index is 989. The summed E-state index contributed by atoms with van der Waals surface area (Å²) in [5.74, 6) is 1.11. The van der Waals surface area contributed by atoms with Crippen molar-refractivity contribution >= 4 is 5.97 Å². The van der Waals surface area contributed by atoms with Gasteiger partial charge in [-0.25, -0.2) is 0 Å². The van der Waals surface area contributed by atoms with Crippen LogP contribution in [0.2, 0.25) is 0 Å². The van der Waals surface area contributed by atoms with Gasteiger partial charge in [-0.2, -0.15) is 0 Å². The lowest BCUT2D eigenvalue weighted by Gasteiger charge is -2.55. The Labute approximate surface area is 185 Å². The minimum atomic E-state index is -0.486. The standard InChI is InChI=1S/C27H33NO3/c1-4-31-25(30)27(20-8-6-5-7-9-20)16-21(27)17-28-13-12-26(3)18(2)24(28)14-19-10-11-22(29)15-23(19)26/h5-11,15,18,21,24,29H,4,12-14,16-17H2,1-3H3/t18?,21-,24+,26+,27+/m1/s1. The summed E-state index contributed by atoms with van der Waals surface area (Å²) in [5.41, 5.74) is 3.39. The average molecular weight is 420 g/mol. The Kier molecular flexibility index (Phi) is 4.89. The molecule has 1 saturated carbocycles. The van der Waals surface area contributed by atoms with Crippen molar-refractivity contribution in [3.8, 4) is 5.75 Å². The van der Waals surface area contributed by atoms with Crippen molar-refractivity contribution in [3.05, 3.63) is 65.2 Å². The number of phenols is 1. The Hall–Kier alpha value is -2.33. The molecule has 3 aliphatic rings. The third-order valence-electron chi connectivity index (χ3n) is 8.60. The van der Waals surface area contributed by atoms with Crippen molar-refractivity contribution in [1.29, 1.82) is 0 Å². The Morgan fingerprint density at radius 2 is 2.00 bits per heavy atom. The first-order valence-electron chi connectivity index (χ1n) is 11.7. The molecule has 2 aromatic rings. The number of rotatable bonds is 5. The zero-order chi connectivity index (χ0) is 21.8. The second-order valence-corrected chi connectivity index (χ2v) is 10.0. The van der Waals surface area contributed by atoms with Crippen LogP contribution in [0.4, 0.5) is 0 Å². The van der Waals surface area contributed by atoms with Gasteiger partial charge in [-0.05, 0) is 78.8 Å². The first-order valence-corrected chi connectivity index (χ1v) is 11.7. The topological polar surface area (TPSA) is 49.8 Å². The molecule has 2 aromatic carbocycles. The number of benzene rings is 2. The van der Waals surface area contributed by atoms with Crippen molar-refractivity contribution in [3.63, 3.8) is 0 Å². The van der Waals surface area contributed by atoms with Gasteiger partial charge in [0, 0.05) is 12.6 Å². The molecule has 0 aromatic heterocycles. The fourth-order valence-electron chi connectivity index (χ4n) is 6.47. The number of piperidine rings is 1. The maximum Gasteiger partial charge on any atom is 0.316 e. The number of nitrogens with zero attached hydrogens (tertiary/aromatic N) is 1. The molecule has 1 aliphatic heterocycles. The Morgan fingerprint density at radius 3 is 2.74 bits per heavy atom. The fourth-order valence-corrected chi connectivity index (χ4v) is 6.47. The van der Waals surface area contributed by atoms with Gasteiger partial charge in [-0.15, -0.1) is 0 Å². The van der Waals surface area contributed by atoms with E-state index >= 15 is 0 Å². The van der Waals surface area contributed by atoms with E-state index in [-0.39, 0.29) is 11.4 Å². The highest BCUT2D eigenvalue weighted by Gasteiger charge is 2.63. The summed E-state index contributed by atoms with van der Waals surface area (Å²) in [4.78, 5) is 15.7. The molecule has 2 aliphatic carbocycles. The summed E-state index contributed by atoms with van der Waals surface area (Å²) in [6.07, 6.45) is 2.96. The van der Waals surface area contributed by atoms with Crippen LogP contribution in [0, 0.1) is 11.8 Å². The van der Waals surface area contributed by atoms with Crippen LogP contribution in [0.1, 0.15) is 50.3 Å². The number of esters is 1. The summed E-state index contributed by atoms with van der Waals surface area (Å²) in [7, 11) is 0. The van der Waals surface area contributed by atoms with Gasteiger partial charge in [0.25, 0.3) is 0 Å². The number of likely N-dealkylation sites (tertiary alicyclic amines) is 1. The summed E-state index contributed by atoms with van der Waals surface area (Å²) in [6.45, 7) is 9.01. The van der Waals surface area contributed by atoms with E-state index in [2.05, 4.69) is 36.9 Å². The van der Waals surface area contributed by atoms with Gasteiger partial charge in [0.15, 0.2) is 0 Å². The SMILES string of the molecule is CCOC(=O)[C@]1(c2ccccc2)C[C@@H]1CN1CC[C@]2(C)c3cc(O)ccc3C[C@H]1C2C. The zero-order valence-electron chi connectivity index (χ0n) is 18.8. The molecule has 5 rings (SSSR count). The second kappa shape index (κ2) is 7.37. The summed E-state index contributed by atoms with van der Waals surface area (Å²) in [5, 5.41) is 10.1. The van der Waals surface area contributed by atoms with E-state index in [0.717, 1.165) is 37.9 Å². The lowest BCUT2D eigenvalue weighted by molar-refractivity contribution is -0.146. The molecule has 5 atom stereocenters. The summed E-state index contributed by atoms with van der Waals surface area (Å²) < 4.78 is 5.54. The van der Waals surface area contributed by atoms with E-state index in [0.29, 0.717) is 30.2 Å². The van der Waals surface area contributed by atoms with Crippen LogP contribution in [-0.2, 0) is 26.8 Å². The van der Waals surface area contributed by atoms with Gasteiger partial charge in [0.1, 0.15) is 5.75 Å². The first-order chi connectivity index (χ1) is 14.9. The minimum absolute atomic E-state index is 0.0643. The number of carbonyl (C=O) groups excluding carboxylic acids is 1. The van der Waals surface area contributed by atoms with E-state index in [1.807, 2.05) is 37.3 Å². The van der Waals surface area contributed by atoms with Crippen LogP contribution in [0.15, 0.2) is 48.5 Å². The van der Waals surface area contributed by atoms with Gasteiger partial charge >= 0.3 is 5.97 Å². The van der Waals surface area contributed by atoms with Gasteiger partial charge in [0.2, 0.25) is 0 Å². The quantitative estimate of drug-likeness (QED) is 0.728. The highest BCUT2D eigenvalue weighted by Crippen LogP contribution is 2.57. The Morgan fingerprint density at radius 1 is 1.23 bits per heavy atom. The van der Waals surface area contributed by atoms with Crippen molar-refractivity contribution in [2.24, 2.45) is 11.8 Å². The zero-order valence-corrected chi connectivity index (χ0v) is 18.8.